The zero-order valence-corrected chi connectivity index (χ0v) is 18.0. The van der Waals surface area contributed by atoms with Gasteiger partial charge in [0.2, 0.25) is 0 Å². The summed E-state index contributed by atoms with van der Waals surface area (Å²) in [7, 11) is 0. The average molecular weight is 412 g/mol. The molecule has 1 aromatic carbocycles. The van der Waals surface area contributed by atoms with Crippen molar-refractivity contribution in [2.75, 3.05) is 44.2 Å². The monoisotopic (exact) mass is 411 g/mol. The van der Waals surface area contributed by atoms with Crippen molar-refractivity contribution in [3.63, 3.8) is 0 Å². The lowest BCUT2D eigenvalue weighted by Crippen LogP contribution is -2.58. The lowest BCUT2D eigenvalue weighted by atomic mass is 9.87. The molecule has 4 fully saturated rings. The first kappa shape index (κ1) is 19.9. The van der Waals surface area contributed by atoms with Gasteiger partial charge < -0.3 is 19.4 Å². The SMILES string of the molecule is CCC1CCCN1c1ccc(C2CN(C(=O)N3CC[C@@H]4OCC(=O)C[C@@H]4C3)C2)cc1. The topological polar surface area (TPSA) is 53.1 Å². The third-order valence-electron chi connectivity index (χ3n) is 7.58. The van der Waals surface area contributed by atoms with Crippen LogP contribution in [0.2, 0.25) is 0 Å². The summed E-state index contributed by atoms with van der Waals surface area (Å²) in [6.07, 6.45) is 5.35. The van der Waals surface area contributed by atoms with Crippen molar-refractivity contribution in [2.45, 2.75) is 57.1 Å². The molecule has 1 aromatic rings. The molecule has 0 radical (unpaired) electrons. The minimum atomic E-state index is 0.127. The van der Waals surface area contributed by atoms with E-state index in [1.54, 1.807) is 0 Å². The second-order valence-corrected chi connectivity index (χ2v) is 9.46. The van der Waals surface area contributed by atoms with E-state index in [1.807, 2.05) is 9.80 Å². The van der Waals surface area contributed by atoms with Crippen molar-refractivity contribution in [1.82, 2.24) is 9.80 Å². The maximum Gasteiger partial charge on any atom is 0.320 e. The number of hydrogen-bond acceptors (Lipinski definition) is 4. The molecule has 6 heteroatoms. The van der Waals surface area contributed by atoms with E-state index >= 15 is 0 Å². The van der Waals surface area contributed by atoms with Crippen molar-refractivity contribution in [3.8, 4) is 0 Å². The van der Waals surface area contributed by atoms with Gasteiger partial charge in [-0.25, -0.2) is 4.79 Å². The summed E-state index contributed by atoms with van der Waals surface area (Å²) in [5.74, 6) is 0.768. The number of amides is 2. The predicted octanol–water partition coefficient (Wildman–Crippen LogP) is 3.26. The lowest BCUT2D eigenvalue weighted by Gasteiger charge is -2.46. The molecular formula is C24H33N3O3. The molecule has 0 aromatic heterocycles. The quantitative estimate of drug-likeness (QED) is 0.766. The van der Waals surface area contributed by atoms with Crippen LogP contribution in [-0.4, -0.2) is 73.1 Å². The zero-order valence-electron chi connectivity index (χ0n) is 18.0. The van der Waals surface area contributed by atoms with Crippen LogP contribution in [0, 0.1) is 5.92 Å². The van der Waals surface area contributed by atoms with Crippen LogP contribution >= 0.6 is 0 Å². The Kier molecular flexibility index (Phi) is 5.44. The van der Waals surface area contributed by atoms with E-state index < -0.39 is 0 Å². The van der Waals surface area contributed by atoms with E-state index in [0.717, 1.165) is 32.6 Å². The molecule has 4 aliphatic heterocycles. The molecule has 4 heterocycles. The van der Waals surface area contributed by atoms with Crippen LogP contribution in [0.5, 0.6) is 0 Å². The summed E-state index contributed by atoms with van der Waals surface area (Å²) in [6, 6.07) is 9.84. The van der Waals surface area contributed by atoms with E-state index in [9.17, 15) is 9.59 Å². The van der Waals surface area contributed by atoms with Gasteiger partial charge in [0, 0.05) is 62.7 Å². The van der Waals surface area contributed by atoms with Gasteiger partial charge in [-0.1, -0.05) is 19.1 Å². The van der Waals surface area contributed by atoms with Crippen LogP contribution in [0.4, 0.5) is 10.5 Å². The van der Waals surface area contributed by atoms with Gasteiger partial charge in [-0.05, 0) is 43.4 Å². The van der Waals surface area contributed by atoms with Crippen LogP contribution in [0.25, 0.3) is 0 Å². The number of urea groups is 1. The molecule has 0 N–H and O–H groups in total. The highest BCUT2D eigenvalue weighted by atomic mass is 16.5. The Labute approximate surface area is 179 Å². The Morgan fingerprint density at radius 2 is 1.87 bits per heavy atom. The highest BCUT2D eigenvalue weighted by molar-refractivity contribution is 5.81. The first-order valence-corrected chi connectivity index (χ1v) is 11.7. The zero-order chi connectivity index (χ0) is 20.7. The minimum Gasteiger partial charge on any atom is -0.370 e. The number of nitrogens with zero attached hydrogens (tertiary/aromatic N) is 3. The van der Waals surface area contributed by atoms with Crippen molar-refractivity contribution >= 4 is 17.5 Å². The molecule has 5 rings (SSSR count). The molecule has 6 nitrogen and oxygen atoms in total. The van der Waals surface area contributed by atoms with Crippen molar-refractivity contribution < 1.29 is 14.3 Å². The Morgan fingerprint density at radius 3 is 2.63 bits per heavy atom. The van der Waals surface area contributed by atoms with Crippen LogP contribution in [0.15, 0.2) is 24.3 Å². The normalized spacial score (nSPS) is 29.7. The van der Waals surface area contributed by atoms with Gasteiger partial charge >= 0.3 is 6.03 Å². The van der Waals surface area contributed by atoms with E-state index in [1.165, 1.54) is 30.5 Å². The first-order valence-electron chi connectivity index (χ1n) is 11.7. The molecule has 0 spiro atoms. The van der Waals surface area contributed by atoms with Gasteiger partial charge in [-0.3, -0.25) is 4.79 Å². The summed E-state index contributed by atoms with van der Waals surface area (Å²) in [4.78, 5) is 31.1. The van der Waals surface area contributed by atoms with Crippen LogP contribution < -0.4 is 4.90 Å². The molecule has 30 heavy (non-hydrogen) atoms. The molecule has 4 saturated heterocycles. The number of likely N-dealkylation sites (tertiary alicyclic amines) is 2. The number of Topliss-reactive ketones (excluding diaryl/α,β-unsaturated/α-hetero) is 1. The smallest absolute Gasteiger partial charge is 0.320 e. The third-order valence-corrected chi connectivity index (χ3v) is 7.58. The van der Waals surface area contributed by atoms with Crippen LogP contribution in [0.1, 0.15) is 50.5 Å². The third kappa shape index (κ3) is 3.70. The van der Waals surface area contributed by atoms with Crippen molar-refractivity contribution in [3.05, 3.63) is 29.8 Å². The Morgan fingerprint density at radius 1 is 1.07 bits per heavy atom. The number of carbonyl (C=O) groups is 2. The molecule has 3 atom stereocenters. The number of ether oxygens (including phenoxy) is 1. The van der Waals surface area contributed by atoms with Gasteiger partial charge in [0.05, 0.1) is 6.10 Å². The maximum atomic E-state index is 12.9. The first-order chi connectivity index (χ1) is 14.6. The molecule has 4 aliphatic rings. The average Bonchev–Trinajstić information content (AvgIpc) is 3.21. The fraction of sp³-hybridized carbons (Fsp3) is 0.667. The highest BCUT2D eigenvalue weighted by Crippen LogP contribution is 2.33. The fourth-order valence-electron chi connectivity index (χ4n) is 5.73. The van der Waals surface area contributed by atoms with E-state index in [2.05, 4.69) is 36.1 Å². The number of rotatable bonds is 3. The largest absolute Gasteiger partial charge is 0.370 e. The van der Waals surface area contributed by atoms with Gasteiger partial charge in [0.25, 0.3) is 0 Å². The molecule has 2 amide bonds. The Bertz CT molecular complexity index is 789. The minimum absolute atomic E-state index is 0.127. The van der Waals surface area contributed by atoms with Crippen molar-refractivity contribution in [1.29, 1.82) is 0 Å². The van der Waals surface area contributed by atoms with Gasteiger partial charge in [-0.2, -0.15) is 0 Å². The molecule has 0 bridgehead atoms. The van der Waals surface area contributed by atoms with E-state index in [0.29, 0.717) is 24.9 Å². The Hall–Kier alpha value is -2.08. The summed E-state index contributed by atoms with van der Waals surface area (Å²) >= 11 is 0. The number of fused-ring (bicyclic) bond motifs is 1. The molecule has 162 valence electrons. The van der Waals surface area contributed by atoms with Gasteiger partial charge in [0.1, 0.15) is 6.61 Å². The van der Waals surface area contributed by atoms with Gasteiger partial charge in [0.15, 0.2) is 5.78 Å². The summed E-state index contributed by atoms with van der Waals surface area (Å²) in [5, 5.41) is 0. The molecule has 0 aliphatic carbocycles. The standard InChI is InChI=1S/C24H33N3O3/c1-2-20-4-3-10-27(20)21-7-5-17(6-8-21)19-14-26(15-19)24(29)25-11-9-23-18(13-25)12-22(28)16-30-23/h5-8,18-20,23H,2-4,9-16H2,1H3/t18-,20?,23+/m1/s1. The maximum absolute atomic E-state index is 12.9. The Balaban J connectivity index is 1.14. The summed E-state index contributed by atoms with van der Waals surface area (Å²) in [6.45, 7) is 6.66. The highest BCUT2D eigenvalue weighted by Gasteiger charge is 2.40. The summed E-state index contributed by atoms with van der Waals surface area (Å²) < 4.78 is 5.65. The van der Waals surface area contributed by atoms with Crippen molar-refractivity contribution in [2.24, 2.45) is 5.92 Å². The number of hydrogen-bond donors (Lipinski definition) is 0. The number of benzene rings is 1. The molecular weight excluding hydrogens is 378 g/mol. The second kappa shape index (κ2) is 8.22. The van der Waals surface area contributed by atoms with Crippen LogP contribution in [0.3, 0.4) is 0 Å². The number of ketones is 1. The van der Waals surface area contributed by atoms with Crippen LogP contribution in [-0.2, 0) is 9.53 Å². The fourth-order valence-corrected chi connectivity index (χ4v) is 5.73. The predicted molar refractivity (Wildman–Crippen MR) is 116 cm³/mol. The summed E-state index contributed by atoms with van der Waals surface area (Å²) in [5.41, 5.74) is 2.67. The van der Waals surface area contributed by atoms with Gasteiger partial charge in [-0.15, -0.1) is 0 Å². The van der Waals surface area contributed by atoms with E-state index in [4.69, 9.17) is 4.74 Å². The lowest BCUT2D eigenvalue weighted by molar-refractivity contribution is -0.140. The number of piperidine rings is 1. The molecule has 0 saturated carbocycles. The molecule has 1 unspecified atom stereocenters. The number of anilines is 1. The van der Waals surface area contributed by atoms with E-state index in [-0.39, 0.29) is 30.4 Å². The second-order valence-electron chi connectivity index (χ2n) is 9.46. The number of carbonyl (C=O) groups excluding carboxylic acids is 2.